The minimum atomic E-state index is -0.427. The van der Waals surface area contributed by atoms with Gasteiger partial charge < -0.3 is 15.7 Å². The molecule has 1 aromatic carbocycles. The molecule has 2 rings (SSSR count). The molecule has 20 heavy (non-hydrogen) atoms. The molecule has 1 fully saturated rings. The van der Waals surface area contributed by atoms with Gasteiger partial charge in [0.1, 0.15) is 0 Å². The van der Waals surface area contributed by atoms with E-state index in [-0.39, 0.29) is 12.6 Å². The predicted molar refractivity (Wildman–Crippen MR) is 80.9 cm³/mol. The first-order valence-electron chi connectivity index (χ1n) is 7.47. The number of hydrogen-bond donors (Lipinski definition) is 3. The van der Waals surface area contributed by atoms with E-state index in [1.54, 1.807) is 0 Å². The Morgan fingerprint density at radius 3 is 2.65 bits per heavy atom. The largest absolute Gasteiger partial charge is 0.394 e. The van der Waals surface area contributed by atoms with Crippen molar-refractivity contribution < 1.29 is 9.90 Å². The van der Waals surface area contributed by atoms with Crippen LogP contribution in [0.3, 0.4) is 0 Å². The molecule has 0 aromatic heterocycles. The lowest BCUT2D eigenvalue weighted by molar-refractivity contribution is 0.167. The average Bonchev–Trinajstić information content (AvgIpc) is 2.90. The van der Waals surface area contributed by atoms with Gasteiger partial charge in [0.05, 0.1) is 12.1 Å². The van der Waals surface area contributed by atoms with Crippen molar-refractivity contribution in [3.63, 3.8) is 0 Å². The summed E-state index contributed by atoms with van der Waals surface area (Å²) in [5.41, 5.74) is 1.58. The minimum absolute atomic E-state index is 0.0109. The standard InChI is InChI=1S/C16H24N2O2/c1-2-7-13-8-3-4-9-14(13)17-15(20)18-16(12-19)10-5-6-11-16/h3-4,8-9,19H,2,5-7,10-12H2,1H3,(H2,17,18,20). The number of urea groups is 1. The van der Waals surface area contributed by atoms with Gasteiger partial charge in [-0.15, -0.1) is 0 Å². The van der Waals surface area contributed by atoms with Crippen molar-refractivity contribution in [2.45, 2.75) is 51.0 Å². The molecule has 0 spiro atoms. The summed E-state index contributed by atoms with van der Waals surface area (Å²) >= 11 is 0. The Hall–Kier alpha value is -1.55. The van der Waals surface area contributed by atoms with Crippen LogP contribution in [0.15, 0.2) is 24.3 Å². The zero-order valence-electron chi connectivity index (χ0n) is 12.1. The van der Waals surface area contributed by atoms with Crippen molar-refractivity contribution in [3.05, 3.63) is 29.8 Å². The first-order valence-corrected chi connectivity index (χ1v) is 7.47. The van der Waals surface area contributed by atoms with Gasteiger partial charge in [-0.1, -0.05) is 44.4 Å². The van der Waals surface area contributed by atoms with E-state index in [0.717, 1.165) is 49.8 Å². The van der Waals surface area contributed by atoms with Crippen LogP contribution in [-0.2, 0) is 6.42 Å². The summed E-state index contributed by atoms with van der Waals surface area (Å²) in [5.74, 6) is 0. The van der Waals surface area contributed by atoms with E-state index < -0.39 is 5.54 Å². The maximum absolute atomic E-state index is 12.2. The van der Waals surface area contributed by atoms with Crippen molar-refractivity contribution in [3.8, 4) is 0 Å². The maximum atomic E-state index is 12.2. The van der Waals surface area contributed by atoms with Crippen LogP contribution < -0.4 is 10.6 Å². The summed E-state index contributed by atoms with van der Waals surface area (Å²) in [6.45, 7) is 2.13. The van der Waals surface area contributed by atoms with Crippen molar-refractivity contribution >= 4 is 11.7 Å². The smallest absolute Gasteiger partial charge is 0.319 e. The second-order valence-electron chi connectivity index (χ2n) is 5.63. The Morgan fingerprint density at radius 2 is 2.00 bits per heavy atom. The van der Waals surface area contributed by atoms with Crippen LogP contribution in [-0.4, -0.2) is 23.3 Å². The molecule has 4 heteroatoms. The number of aryl methyl sites for hydroxylation is 1. The van der Waals surface area contributed by atoms with E-state index >= 15 is 0 Å². The molecular weight excluding hydrogens is 252 g/mol. The summed E-state index contributed by atoms with van der Waals surface area (Å²) in [6.07, 6.45) is 5.82. The van der Waals surface area contributed by atoms with Gasteiger partial charge >= 0.3 is 6.03 Å². The van der Waals surface area contributed by atoms with E-state index in [1.165, 1.54) is 0 Å². The van der Waals surface area contributed by atoms with E-state index in [1.807, 2.05) is 24.3 Å². The molecule has 0 heterocycles. The molecule has 0 saturated heterocycles. The zero-order valence-corrected chi connectivity index (χ0v) is 12.1. The Bertz CT molecular complexity index is 454. The molecule has 0 bridgehead atoms. The molecule has 110 valence electrons. The molecule has 1 aromatic rings. The summed E-state index contributed by atoms with van der Waals surface area (Å²) in [7, 11) is 0. The Morgan fingerprint density at radius 1 is 1.30 bits per heavy atom. The van der Waals surface area contributed by atoms with Crippen molar-refractivity contribution in [1.29, 1.82) is 0 Å². The van der Waals surface area contributed by atoms with Gasteiger partial charge in [-0.25, -0.2) is 4.79 Å². The van der Waals surface area contributed by atoms with Gasteiger partial charge in [-0.2, -0.15) is 0 Å². The fourth-order valence-electron chi connectivity index (χ4n) is 2.90. The van der Waals surface area contributed by atoms with Crippen LogP contribution in [0.4, 0.5) is 10.5 Å². The minimum Gasteiger partial charge on any atom is -0.394 e. The topological polar surface area (TPSA) is 61.4 Å². The number of carbonyl (C=O) groups is 1. The number of carbonyl (C=O) groups excluding carboxylic acids is 1. The Kier molecular flexibility index (Phi) is 5.01. The van der Waals surface area contributed by atoms with E-state index in [4.69, 9.17) is 0 Å². The number of rotatable bonds is 5. The fourth-order valence-corrected chi connectivity index (χ4v) is 2.90. The SMILES string of the molecule is CCCc1ccccc1NC(=O)NC1(CO)CCCC1. The zero-order chi connectivity index (χ0) is 14.4. The average molecular weight is 276 g/mol. The van der Waals surface area contributed by atoms with Gasteiger partial charge in [-0.3, -0.25) is 0 Å². The Labute approximate surface area is 120 Å². The van der Waals surface area contributed by atoms with Crippen LogP contribution in [0.2, 0.25) is 0 Å². The summed E-state index contributed by atoms with van der Waals surface area (Å²) in [5, 5.41) is 15.4. The highest BCUT2D eigenvalue weighted by atomic mass is 16.3. The first-order chi connectivity index (χ1) is 9.69. The molecule has 1 aliphatic carbocycles. The molecule has 1 saturated carbocycles. The van der Waals surface area contributed by atoms with Crippen LogP contribution >= 0.6 is 0 Å². The van der Waals surface area contributed by atoms with Gasteiger partial charge in [-0.05, 0) is 30.9 Å². The van der Waals surface area contributed by atoms with Gasteiger partial charge in [0.2, 0.25) is 0 Å². The quantitative estimate of drug-likeness (QED) is 0.774. The lowest BCUT2D eigenvalue weighted by atomic mass is 9.99. The monoisotopic (exact) mass is 276 g/mol. The van der Waals surface area contributed by atoms with Crippen LogP contribution in [0.25, 0.3) is 0 Å². The van der Waals surface area contributed by atoms with Crippen molar-refractivity contribution in [2.75, 3.05) is 11.9 Å². The van der Waals surface area contributed by atoms with Crippen LogP contribution in [0.5, 0.6) is 0 Å². The second-order valence-corrected chi connectivity index (χ2v) is 5.63. The molecule has 0 aliphatic heterocycles. The highest BCUT2D eigenvalue weighted by molar-refractivity contribution is 5.90. The van der Waals surface area contributed by atoms with Gasteiger partial charge in [0.15, 0.2) is 0 Å². The highest BCUT2D eigenvalue weighted by Crippen LogP contribution is 2.29. The maximum Gasteiger partial charge on any atom is 0.319 e. The van der Waals surface area contributed by atoms with Crippen molar-refractivity contribution in [1.82, 2.24) is 5.32 Å². The number of hydrogen-bond acceptors (Lipinski definition) is 2. The van der Waals surface area contributed by atoms with Gasteiger partial charge in [0.25, 0.3) is 0 Å². The number of anilines is 1. The highest BCUT2D eigenvalue weighted by Gasteiger charge is 2.34. The second kappa shape index (κ2) is 6.75. The molecule has 0 atom stereocenters. The van der Waals surface area contributed by atoms with Crippen LogP contribution in [0.1, 0.15) is 44.6 Å². The summed E-state index contributed by atoms with van der Waals surface area (Å²) in [6, 6.07) is 7.65. The van der Waals surface area contributed by atoms with E-state index in [2.05, 4.69) is 17.6 Å². The predicted octanol–water partition coefficient (Wildman–Crippen LogP) is 3.07. The Balaban J connectivity index is 2.01. The summed E-state index contributed by atoms with van der Waals surface area (Å²) < 4.78 is 0. The number of para-hydroxylation sites is 1. The van der Waals surface area contributed by atoms with Gasteiger partial charge in [0, 0.05) is 5.69 Å². The third-order valence-electron chi connectivity index (χ3n) is 4.03. The lowest BCUT2D eigenvalue weighted by Crippen LogP contribution is -2.50. The number of amides is 2. The van der Waals surface area contributed by atoms with E-state index in [9.17, 15) is 9.90 Å². The third-order valence-corrected chi connectivity index (χ3v) is 4.03. The number of nitrogens with one attached hydrogen (secondary N) is 2. The molecule has 1 aliphatic rings. The lowest BCUT2D eigenvalue weighted by Gasteiger charge is -2.28. The van der Waals surface area contributed by atoms with Crippen molar-refractivity contribution in [2.24, 2.45) is 0 Å². The normalized spacial score (nSPS) is 16.9. The molecule has 2 amide bonds. The molecular formula is C16H24N2O2. The molecule has 0 unspecified atom stereocenters. The fraction of sp³-hybridized carbons (Fsp3) is 0.562. The number of aliphatic hydroxyl groups is 1. The molecule has 0 radical (unpaired) electrons. The molecule has 3 N–H and O–H groups in total. The first kappa shape index (κ1) is 14.9. The third kappa shape index (κ3) is 3.51. The number of benzene rings is 1. The van der Waals surface area contributed by atoms with E-state index in [0.29, 0.717) is 0 Å². The summed E-state index contributed by atoms with van der Waals surface area (Å²) in [4.78, 5) is 12.2. The number of aliphatic hydroxyl groups excluding tert-OH is 1. The molecule has 4 nitrogen and oxygen atoms in total. The van der Waals surface area contributed by atoms with Crippen LogP contribution in [0, 0.1) is 0 Å².